The van der Waals surface area contributed by atoms with Crippen LogP contribution in [0.5, 0.6) is 0 Å². The van der Waals surface area contributed by atoms with E-state index in [4.69, 9.17) is 0 Å². The zero-order valence-electron chi connectivity index (χ0n) is 28.3. The fraction of sp³-hybridized carbons (Fsp3) is 0.800. The normalized spacial score (nSPS) is 11.7. The molecule has 1 amide bonds. The van der Waals surface area contributed by atoms with Crippen LogP contribution < -0.4 is 5.32 Å². The van der Waals surface area contributed by atoms with Gasteiger partial charge in [0.15, 0.2) is 0 Å². The molecule has 0 aliphatic carbocycles. The average Bonchev–Trinajstić information content (AvgIpc) is 2.96. The number of carbonyl (C=O) groups is 1. The van der Waals surface area contributed by atoms with E-state index in [1.165, 1.54) is 145 Å². The Morgan fingerprint density at radius 1 is 0.698 bits per heavy atom. The van der Waals surface area contributed by atoms with E-state index in [0.717, 1.165) is 30.4 Å². The van der Waals surface area contributed by atoms with Gasteiger partial charge in [-0.1, -0.05) is 121 Å². The summed E-state index contributed by atoms with van der Waals surface area (Å²) in [5.41, 5.74) is 0. The summed E-state index contributed by atoms with van der Waals surface area (Å²) in [7, 11) is 2.33. The monoisotopic (exact) mass is 642 g/mol. The largest absolute Gasteiger partial charge is 0.744 e. The molecule has 0 saturated carbocycles. The van der Waals surface area contributed by atoms with Crippen molar-refractivity contribution >= 4 is 27.8 Å². The molecule has 1 rings (SSSR count). The highest BCUT2D eigenvalue weighted by molar-refractivity contribution is 7.99. The molecule has 0 saturated heterocycles. The Kier molecular flexibility index (Phi) is 27.7. The molecule has 1 aromatic rings. The third kappa shape index (κ3) is 32.1. The first kappa shape index (κ1) is 41.9. The molecule has 0 heterocycles. The van der Waals surface area contributed by atoms with Crippen molar-refractivity contribution in [3.8, 4) is 0 Å². The summed E-state index contributed by atoms with van der Waals surface area (Å²) in [6, 6.07) is 7.19. The van der Waals surface area contributed by atoms with Crippen molar-refractivity contribution in [2.75, 3.05) is 45.7 Å². The summed E-state index contributed by atoms with van der Waals surface area (Å²) in [5.74, 6) is 2.98. The molecule has 0 fully saturated rings. The lowest BCUT2D eigenvalue weighted by Gasteiger charge is -2.23. The number of amides is 1. The highest BCUT2D eigenvalue weighted by atomic mass is 32.2. The van der Waals surface area contributed by atoms with Gasteiger partial charge in [0.2, 0.25) is 5.91 Å². The van der Waals surface area contributed by atoms with Crippen LogP contribution in [-0.4, -0.2) is 69.1 Å². The summed E-state index contributed by atoms with van der Waals surface area (Å²) in [4.78, 5) is 11.7. The number of unbranched alkanes of at least 4 members (excludes halogenated alkanes) is 16. The quantitative estimate of drug-likeness (QED) is 0.0588. The van der Waals surface area contributed by atoms with Gasteiger partial charge in [-0.2, -0.15) is 11.8 Å². The van der Waals surface area contributed by atoms with Gasteiger partial charge in [0.05, 0.1) is 32.6 Å². The minimum atomic E-state index is -4.25. The van der Waals surface area contributed by atoms with Gasteiger partial charge in [0, 0.05) is 19.4 Å². The maximum absolute atomic E-state index is 11.9. The maximum Gasteiger partial charge on any atom is 0.219 e. The standard InChI is InChI=1S/C29H60N2OS.C6H6O3S/c1-5-6-7-8-9-10-12-15-18-21-27-33-28-22-19-16-13-11-14-17-20-24-29(32)30-25-23-26-31(2,3)4;7-10(8,9)6-4-2-1-3-5-6/h5-28H2,1-4H3;1-5H,(H,7,8,9). The first-order valence-electron chi connectivity index (χ1n) is 17.2. The summed E-state index contributed by atoms with van der Waals surface area (Å²) >= 11 is 2.18. The van der Waals surface area contributed by atoms with Crippen LogP contribution >= 0.6 is 11.8 Å². The topological polar surface area (TPSA) is 86.3 Å². The van der Waals surface area contributed by atoms with Gasteiger partial charge in [-0.05, 0) is 42.9 Å². The predicted molar refractivity (Wildman–Crippen MR) is 186 cm³/mol. The Balaban J connectivity index is 0.00000147. The van der Waals surface area contributed by atoms with Crippen LogP contribution in [-0.2, 0) is 14.9 Å². The van der Waals surface area contributed by atoms with Crippen LogP contribution in [0.25, 0.3) is 0 Å². The molecule has 1 aromatic carbocycles. The highest BCUT2D eigenvalue weighted by Crippen LogP contribution is 2.15. The SMILES string of the molecule is CCCCCCCCCCCCSCCCCCCCCCCC(=O)NCCC[N+](C)(C)C.O=S(=O)([O-])c1ccccc1. The Labute approximate surface area is 270 Å². The Morgan fingerprint density at radius 2 is 1.14 bits per heavy atom. The van der Waals surface area contributed by atoms with E-state index in [9.17, 15) is 17.8 Å². The molecule has 252 valence electrons. The van der Waals surface area contributed by atoms with Crippen molar-refractivity contribution in [2.24, 2.45) is 0 Å². The van der Waals surface area contributed by atoms with Gasteiger partial charge >= 0.3 is 0 Å². The van der Waals surface area contributed by atoms with Crippen LogP contribution in [0.4, 0.5) is 0 Å². The Hall–Kier alpha value is -1.09. The lowest BCUT2D eigenvalue weighted by atomic mass is 10.1. The third-order valence-corrected chi connectivity index (χ3v) is 9.45. The first-order valence-corrected chi connectivity index (χ1v) is 19.8. The molecule has 0 atom stereocenters. The van der Waals surface area contributed by atoms with E-state index in [1.54, 1.807) is 6.07 Å². The predicted octanol–water partition coefficient (Wildman–Crippen LogP) is 8.95. The van der Waals surface area contributed by atoms with Gasteiger partial charge in [0.1, 0.15) is 10.1 Å². The fourth-order valence-corrected chi connectivity index (χ4v) is 6.31. The van der Waals surface area contributed by atoms with E-state index in [2.05, 4.69) is 45.1 Å². The van der Waals surface area contributed by atoms with Gasteiger partial charge in [-0.3, -0.25) is 4.79 Å². The second kappa shape index (κ2) is 28.4. The summed E-state index contributed by atoms with van der Waals surface area (Å²) in [6.07, 6.45) is 26.6. The lowest BCUT2D eigenvalue weighted by molar-refractivity contribution is -0.870. The van der Waals surface area contributed by atoms with E-state index in [0.29, 0.717) is 6.42 Å². The zero-order chi connectivity index (χ0) is 32.1. The molecule has 0 spiro atoms. The molecule has 0 aromatic heterocycles. The highest BCUT2D eigenvalue weighted by Gasteiger charge is 2.06. The number of hydrogen-bond donors (Lipinski definition) is 1. The van der Waals surface area contributed by atoms with E-state index < -0.39 is 10.1 Å². The van der Waals surface area contributed by atoms with Crippen molar-refractivity contribution in [1.29, 1.82) is 0 Å². The second-order valence-corrected chi connectivity index (χ2v) is 15.5. The molecule has 0 aliphatic heterocycles. The van der Waals surface area contributed by atoms with Crippen molar-refractivity contribution in [3.63, 3.8) is 0 Å². The number of benzene rings is 1. The number of thioether (sulfide) groups is 1. The van der Waals surface area contributed by atoms with Gasteiger partial charge in [0.25, 0.3) is 0 Å². The minimum Gasteiger partial charge on any atom is -0.744 e. The first-order chi connectivity index (χ1) is 20.6. The number of nitrogens with one attached hydrogen (secondary N) is 1. The van der Waals surface area contributed by atoms with Crippen LogP contribution in [0.3, 0.4) is 0 Å². The fourth-order valence-electron chi connectivity index (χ4n) is 4.80. The second-order valence-electron chi connectivity index (χ2n) is 12.9. The van der Waals surface area contributed by atoms with E-state index in [1.807, 2.05) is 0 Å². The Morgan fingerprint density at radius 3 is 1.56 bits per heavy atom. The lowest BCUT2D eigenvalue weighted by Crippen LogP contribution is -2.37. The number of hydrogen-bond acceptors (Lipinski definition) is 5. The third-order valence-electron chi connectivity index (χ3n) is 7.44. The van der Waals surface area contributed by atoms with Gasteiger partial charge in [-0.25, -0.2) is 8.42 Å². The molecule has 0 unspecified atom stereocenters. The smallest absolute Gasteiger partial charge is 0.219 e. The molecule has 0 bridgehead atoms. The molecular formula is C35H66N2O4S2. The summed E-state index contributed by atoms with van der Waals surface area (Å²) in [5, 5.41) is 3.07. The van der Waals surface area contributed by atoms with Crippen LogP contribution in [0.15, 0.2) is 35.2 Å². The average molecular weight is 643 g/mol. The molecule has 1 N–H and O–H groups in total. The molecule has 8 heteroatoms. The van der Waals surface area contributed by atoms with Gasteiger partial charge in [-0.15, -0.1) is 0 Å². The summed E-state index contributed by atoms with van der Waals surface area (Å²) < 4.78 is 31.8. The summed E-state index contributed by atoms with van der Waals surface area (Å²) in [6.45, 7) is 4.23. The van der Waals surface area contributed by atoms with Crippen molar-refractivity contribution in [3.05, 3.63) is 30.3 Å². The van der Waals surface area contributed by atoms with Crippen molar-refractivity contribution in [1.82, 2.24) is 5.32 Å². The van der Waals surface area contributed by atoms with E-state index >= 15 is 0 Å². The van der Waals surface area contributed by atoms with Crippen LogP contribution in [0.1, 0.15) is 135 Å². The molecule has 6 nitrogen and oxygen atoms in total. The minimum absolute atomic E-state index is 0.185. The molecule has 0 radical (unpaired) electrons. The molecule has 43 heavy (non-hydrogen) atoms. The number of nitrogens with zero attached hydrogens (tertiary/aromatic N) is 1. The van der Waals surface area contributed by atoms with E-state index in [-0.39, 0.29) is 10.8 Å². The van der Waals surface area contributed by atoms with Gasteiger partial charge < -0.3 is 14.4 Å². The zero-order valence-corrected chi connectivity index (χ0v) is 29.9. The van der Waals surface area contributed by atoms with Crippen LogP contribution in [0, 0.1) is 0 Å². The van der Waals surface area contributed by atoms with Crippen LogP contribution in [0.2, 0.25) is 0 Å². The molecular weight excluding hydrogens is 577 g/mol. The molecule has 0 aliphatic rings. The number of carbonyl (C=O) groups excluding carboxylic acids is 1. The van der Waals surface area contributed by atoms with Crippen molar-refractivity contribution < 1.29 is 22.2 Å². The number of rotatable bonds is 27. The maximum atomic E-state index is 11.9. The Bertz CT molecular complexity index is 858. The van der Waals surface area contributed by atoms with Crippen molar-refractivity contribution in [2.45, 2.75) is 140 Å². The number of quaternary nitrogens is 1.